The number of hydrogen-bond donors (Lipinski definition) is 4. The Labute approximate surface area is 219 Å². The molecular formula is C23H38B2O12. The monoisotopic (exact) mass is 528 g/mol. The van der Waals surface area contributed by atoms with Crippen LogP contribution in [0.2, 0.25) is 0 Å². The fourth-order valence-electron chi connectivity index (χ4n) is 6.11. The van der Waals surface area contributed by atoms with Crippen molar-refractivity contribution in [1.29, 1.82) is 0 Å². The highest BCUT2D eigenvalue weighted by Gasteiger charge is 2.64. The van der Waals surface area contributed by atoms with Gasteiger partial charge in [-0.25, -0.2) is 0 Å². The van der Waals surface area contributed by atoms with Crippen LogP contribution < -0.4 is 0 Å². The van der Waals surface area contributed by atoms with Crippen molar-refractivity contribution in [3.63, 3.8) is 0 Å². The Hall–Kier alpha value is -0.350. The maximum Gasteiger partial charge on any atom is 0.146 e. The Morgan fingerprint density at radius 2 is 1.54 bits per heavy atom. The van der Waals surface area contributed by atoms with E-state index in [0.717, 1.165) is 0 Å². The van der Waals surface area contributed by atoms with Crippen molar-refractivity contribution in [2.45, 2.75) is 85.4 Å². The third-order valence-electron chi connectivity index (χ3n) is 8.32. The summed E-state index contributed by atoms with van der Waals surface area (Å²) in [5.74, 6) is -0.203. The van der Waals surface area contributed by atoms with Gasteiger partial charge in [0.1, 0.15) is 56.9 Å². The van der Waals surface area contributed by atoms with Gasteiger partial charge in [0.2, 0.25) is 0 Å². The van der Waals surface area contributed by atoms with Crippen molar-refractivity contribution < 1.29 is 58.3 Å². The summed E-state index contributed by atoms with van der Waals surface area (Å²) < 4.78 is 43.1. The van der Waals surface area contributed by atoms with Crippen LogP contribution in [0.1, 0.15) is 13.8 Å². The summed E-state index contributed by atoms with van der Waals surface area (Å²) >= 11 is 0. The van der Waals surface area contributed by atoms with Crippen LogP contribution in [0.25, 0.3) is 0 Å². The van der Waals surface area contributed by atoms with E-state index in [0.29, 0.717) is 13.2 Å². The molecule has 6 saturated heterocycles. The zero-order valence-electron chi connectivity index (χ0n) is 21.7. The molecule has 6 rings (SSSR count). The molecule has 0 aliphatic carbocycles. The topological polar surface area (TPSA) is 155 Å². The molecule has 4 radical (unpaired) electrons. The van der Waals surface area contributed by atoms with Crippen molar-refractivity contribution in [2.75, 3.05) is 53.9 Å². The van der Waals surface area contributed by atoms with E-state index in [1.54, 1.807) is 14.2 Å². The van der Waals surface area contributed by atoms with E-state index >= 15 is 0 Å². The van der Waals surface area contributed by atoms with Crippen LogP contribution in [-0.4, -0.2) is 162 Å². The van der Waals surface area contributed by atoms with Gasteiger partial charge in [0.05, 0.1) is 58.0 Å². The number of aliphatic hydroxyl groups is 4. The Morgan fingerprint density at radius 1 is 0.892 bits per heavy atom. The summed E-state index contributed by atoms with van der Waals surface area (Å²) in [6, 6.07) is -1.12. The van der Waals surface area contributed by atoms with Crippen molar-refractivity contribution in [3.05, 3.63) is 0 Å². The minimum Gasteiger partial charge on any atom is -0.393 e. The summed E-state index contributed by atoms with van der Waals surface area (Å²) in [4.78, 5) is 0. The Bertz CT molecular complexity index is 782. The van der Waals surface area contributed by atoms with Gasteiger partial charge in [0, 0.05) is 32.1 Å². The Morgan fingerprint density at radius 3 is 2.03 bits per heavy atom. The molecule has 14 heteroatoms. The van der Waals surface area contributed by atoms with Crippen LogP contribution in [0.3, 0.4) is 0 Å². The minimum absolute atomic E-state index is 0.00699. The van der Waals surface area contributed by atoms with Crippen LogP contribution in [0, 0.1) is 5.92 Å². The fraction of sp³-hybridized carbons (Fsp3) is 1.00. The molecule has 4 N–H and O–H groups in total. The lowest BCUT2D eigenvalue weighted by molar-refractivity contribution is -0.194. The SMILES string of the molecule is COC[C@]12O[C@@H](C)[C@H](OC1C)[C@@H]2OC.[B][C@@H]1OC2(CO)COC[C@H]1C2O.[B][C@@H]1OC2(CO)CO[C@H]1C2O. The first-order valence-corrected chi connectivity index (χ1v) is 12.5. The van der Waals surface area contributed by atoms with Gasteiger partial charge < -0.3 is 58.3 Å². The zero-order chi connectivity index (χ0) is 27.2. The van der Waals surface area contributed by atoms with Gasteiger partial charge in [-0.1, -0.05) is 0 Å². The maximum absolute atomic E-state index is 9.68. The molecule has 37 heavy (non-hydrogen) atoms. The molecule has 6 aliphatic heterocycles. The molecule has 5 unspecified atom stereocenters. The smallest absolute Gasteiger partial charge is 0.146 e. The van der Waals surface area contributed by atoms with E-state index in [1.807, 2.05) is 13.8 Å². The molecule has 0 amide bonds. The van der Waals surface area contributed by atoms with Crippen LogP contribution in [0.4, 0.5) is 0 Å². The summed E-state index contributed by atoms with van der Waals surface area (Å²) in [6.07, 6.45) is -1.80. The predicted octanol–water partition coefficient (Wildman–Crippen LogP) is -3.16. The molecule has 6 heterocycles. The summed E-state index contributed by atoms with van der Waals surface area (Å²) in [7, 11) is 14.4. The number of rotatable bonds is 5. The van der Waals surface area contributed by atoms with E-state index in [1.165, 1.54) is 0 Å². The van der Waals surface area contributed by atoms with Crippen molar-refractivity contribution >= 4 is 15.7 Å². The molecule has 0 aromatic rings. The van der Waals surface area contributed by atoms with Gasteiger partial charge in [0.15, 0.2) is 0 Å². The van der Waals surface area contributed by atoms with Gasteiger partial charge in [0.25, 0.3) is 0 Å². The highest BCUT2D eigenvalue weighted by Crippen LogP contribution is 2.45. The van der Waals surface area contributed by atoms with Gasteiger partial charge in [-0.3, -0.25) is 0 Å². The first kappa shape index (κ1) is 29.6. The van der Waals surface area contributed by atoms with E-state index in [-0.39, 0.29) is 56.8 Å². The second-order valence-corrected chi connectivity index (χ2v) is 10.6. The van der Waals surface area contributed by atoms with Gasteiger partial charge in [-0.2, -0.15) is 0 Å². The number of hydrogen-bond acceptors (Lipinski definition) is 12. The minimum atomic E-state index is -0.970. The molecular weight excluding hydrogens is 490 g/mol. The first-order valence-electron chi connectivity index (χ1n) is 12.5. The molecule has 12 nitrogen and oxygen atoms in total. The second-order valence-electron chi connectivity index (χ2n) is 10.6. The third kappa shape index (κ3) is 4.81. The summed E-state index contributed by atoms with van der Waals surface area (Å²) in [5.41, 5.74) is -2.33. The third-order valence-corrected chi connectivity index (χ3v) is 8.32. The lowest BCUT2D eigenvalue weighted by Gasteiger charge is -2.34. The number of ether oxygens (including phenoxy) is 8. The van der Waals surface area contributed by atoms with Gasteiger partial charge in [-0.15, -0.1) is 0 Å². The Kier molecular flexibility index (Phi) is 9.02. The quantitative estimate of drug-likeness (QED) is 0.267. The number of aliphatic hydroxyl groups excluding tert-OH is 4. The molecule has 6 fully saturated rings. The summed E-state index contributed by atoms with van der Waals surface area (Å²) in [5, 5.41) is 37.1. The standard InChI is InChI=1S/C10H18O4.C7H11BO4.C6H9BO4/c1-6-8-9(12-4)10(14-6,5-11-3)7(2)13-8;8-6-4-1-11-3-7(2-9,12-6)5(4)10;7-5-3-4(9)6(1-8,11-5)2-10-3/h6-9H,5H2,1-4H3;4-6,9-10H,1-3H2;3-5,8-9H,1-2H2/t6-,7?,8-,9-,10-;4-,5?,6+,7?;3-,4?,5+,6?/m000/s1. The largest absolute Gasteiger partial charge is 0.393 e. The predicted molar refractivity (Wildman–Crippen MR) is 127 cm³/mol. The normalized spacial score (nSPS) is 53.0. The number of methoxy groups -OCH3 is 2. The molecule has 6 bridgehead atoms. The van der Waals surface area contributed by atoms with E-state index < -0.39 is 47.1 Å². The molecule has 0 aromatic heterocycles. The van der Waals surface area contributed by atoms with Crippen LogP contribution >= 0.6 is 0 Å². The van der Waals surface area contributed by atoms with Crippen LogP contribution in [-0.2, 0) is 37.9 Å². The highest BCUT2D eigenvalue weighted by molar-refractivity contribution is 6.12. The van der Waals surface area contributed by atoms with Crippen LogP contribution in [0.5, 0.6) is 0 Å². The molecule has 0 saturated carbocycles. The van der Waals surface area contributed by atoms with E-state index in [4.69, 9.17) is 63.8 Å². The van der Waals surface area contributed by atoms with Crippen LogP contribution in [0.15, 0.2) is 0 Å². The fourth-order valence-corrected chi connectivity index (χ4v) is 6.11. The summed E-state index contributed by atoms with van der Waals surface area (Å²) in [6.45, 7) is 4.89. The average molecular weight is 528 g/mol. The van der Waals surface area contributed by atoms with Crippen molar-refractivity contribution in [3.8, 4) is 0 Å². The lowest BCUT2D eigenvalue weighted by atomic mass is 9.81. The molecule has 13 atom stereocenters. The highest BCUT2D eigenvalue weighted by atomic mass is 16.7. The van der Waals surface area contributed by atoms with Gasteiger partial charge >= 0.3 is 0 Å². The zero-order valence-corrected chi connectivity index (χ0v) is 21.7. The number of fused-ring (bicyclic) bond motifs is 6. The van der Waals surface area contributed by atoms with Crippen molar-refractivity contribution in [1.82, 2.24) is 0 Å². The maximum atomic E-state index is 9.68. The molecule has 0 spiro atoms. The van der Waals surface area contributed by atoms with E-state index in [2.05, 4.69) is 0 Å². The Balaban J connectivity index is 0.000000131. The van der Waals surface area contributed by atoms with Crippen molar-refractivity contribution in [2.24, 2.45) is 5.92 Å². The molecule has 0 aromatic carbocycles. The lowest BCUT2D eigenvalue weighted by Crippen LogP contribution is -2.52. The molecule has 208 valence electrons. The molecule has 6 aliphatic rings. The average Bonchev–Trinajstić information content (AvgIpc) is 3.53. The van der Waals surface area contributed by atoms with E-state index in [9.17, 15) is 10.2 Å². The first-order chi connectivity index (χ1) is 17.5. The van der Waals surface area contributed by atoms with Gasteiger partial charge in [-0.05, 0) is 13.8 Å². The second kappa shape index (κ2) is 11.3.